The van der Waals surface area contributed by atoms with Crippen molar-refractivity contribution >= 4 is 34.3 Å². The summed E-state index contributed by atoms with van der Waals surface area (Å²) in [7, 11) is 0. The number of furan rings is 1. The van der Waals surface area contributed by atoms with Crippen LogP contribution in [0.4, 0.5) is 0 Å². The number of hydrogen-bond donors (Lipinski definition) is 0. The van der Waals surface area contributed by atoms with Crippen molar-refractivity contribution in [2.24, 2.45) is 0 Å². The molecule has 4 nitrogen and oxygen atoms in total. The number of aryl methyl sites for hydroxylation is 1. The van der Waals surface area contributed by atoms with Crippen molar-refractivity contribution in [2.75, 3.05) is 5.75 Å². The maximum absolute atomic E-state index is 6.52. The van der Waals surface area contributed by atoms with E-state index in [0.717, 1.165) is 38.3 Å². The van der Waals surface area contributed by atoms with E-state index in [0.29, 0.717) is 16.8 Å². The third-order valence-electron chi connectivity index (χ3n) is 3.89. The Bertz CT molecular complexity index is 1050. The Kier molecular flexibility index (Phi) is 4.27. The van der Waals surface area contributed by atoms with Gasteiger partial charge < -0.3 is 8.83 Å². The lowest BCUT2D eigenvalue weighted by molar-refractivity contribution is 0.533. The molecule has 0 radical (unpaired) electrons. The number of fused-ring (bicyclic) bond motifs is 1. The Morgan fingerprint density at radius 2 is 1.96 bits per heavy atom. The van der Waals surface area contributed by atoms with Crippen molar-refractivity contribution in [3.05, 3.63) is 53.6 Å². The second kappa shape index (κ2) is 6.58. The lowest BCUT2D eigenvalue weighted by Crippen LogP contribution is -1.82. The molecule has 4 aromatic rings. The average Bonchev–Trinajstić information content (AvgIpc) is 3.21. The topological polar surface area (TPSA) is 52.1 Å². The first-order valence-corrected chi connectivity index (χ1v) is 9.26. The standard InChI is InChI=1S/C19H15ClN2O2S/c1-3-25-13-5-6-14(17(20)9-13)16-10-23-18-7-4-12(8-15(16)18)19-22-21-11(2)24-19/h4-10H,3H2,1-2H3. The Morgan fingerprint density at radius 3 is 2.68 bits per heavy atom. The van der Waals surface area contributed by atoms with Crippen molar-refractivity contribution in [1.29, 1.82) is 0 Å². The monoisotopic (exact) mass is 370 g/mol. The zero-order chi connectivity index (χ0) is 17.4. The van der Waals surface area contributed by atoms with Gasteiger partial charge in [-0.05, 0) is 36.1 Å². The van der Waals surface area contributed by atoms with E-state index in [4.69, 9.17) is 20.4 Å². The van der Waals surface area contributed by atoms with Gasteiger partial charge in [-0.15, -0.1) is 22.0 Å². The molecular weight excluding hydrogens is 356 g/mol. The SMILES string of the molecule is CCSc1ccc(-c2coc3ccc(-c4nnc(C)o4)cc23)c(Cl)c1. The molecule has 0 N–H and O–H groups in total. The molecule has 4 rings (SSSR count). The maximum atomic E-state index is 6.52. The fourth-order valence-electron chi connectivity index (χ4n) is 2.75. The molecule has 2 aromatic carbocycles. The molecule has 0 saturated carbocycles. The molecule has 0 amide bonds. The predicted molar refractivity (Wildman–Crippen MR) is 101 cm³/mol. The van der Waals surface area contributed by atoms with E-state index in [1.807, 2.05) is 30.3 Å². The Labute approximate surface area is 154 Å². The number of hydrogen-bond acceptors (Lipinski definition) is 5. The summed E-state index contributed by atoms with van der Waals surface area (Å²) in [5.41, 5.74) is 3.54. The Hall–Kier alpha value is -2.24. The van der Waals surface area contributed by atoms with Crippen LogP contribution in [0.3, 0.4) is 0 Å². The lowest BCUT2D eigenvalue weighted by Gasteiger charge is -2.05. The highest BCUT2D eigenvalue weighted by molar-refractivity contribution is 7.99. The Balaban J connectivity index is 1.82. The van der Waals surface area contributed by atoms with E-state index in [1.54, 1.807) is 24.9 Å². The quantitative estimate of drug-likeness (QED) is 0.399. The number of halogens is 1. The molecule has 0 unspecified atom stereocenters. The van der Waals surface area contributed by atoms with Crippen LogP contribution < -0.4 is 0 Å². The van der Waals surface area contributed by atoms with Crippen LogP contribution in [0.15, 0.2) is 56.4 Å². The summed E-state index contributed by atoms with van der Waals surface area (Å²) >= 11 is 8.29. The van der Waals surface area contributed by atoms with Gasteiger partial charge in [-0.25, -0.2) is 0 Å². The minimum atomic E-state index is 0.493. The van der Waals surface area contributed by atoms with Crippen LogP contribution in [0, 0.1) is 6.92 Å². The van der Waals surface area contributed by atoms with Crippen molar-refractivity contribution < 1.29 is 8.83 Å². The second-order valence-electron chi connectivity index (χ2n) is 5.56. The van der Waals surface area contributed by atoms with Crippen LogP contribution in [-0.2, 0) is 0 Å². The molecule has 25 heavy (non-hydrogen) atoms. The third kappa shape index (κ3) is 3.05. The highest BCUT2D eigenvalue weighted by Crippen LogP contribution is 2.38. The molecule has 0 fully saturated rings. The minimum absolute atomic E-state index is 0.493. The molecule has 2 aromatic heterocycles. The Morgan fingerprint density at radius 1 is 1.08 bits per heavy atom. The van der Waals surface area contributed by atoms with E-state index in [9.17, 15) is 0 Å². The average molecular weight is 371 g/mol. The molecular formula is C19H15ClN2O2S. The summed E-state index contributed by atoms with van der Waals surface area (Å²) in [5.74, 6) is 2.04. The zero-order valence-electron chi connectivity index (χ0n) is 13.7. The summed E-state index contributed by atoms with van der Waals surface area (Å²) in [4.78, 5) is 1.16. The van der Waals surface area contributed by atoms with Gasteiger partial charge in [-0.3, -0.25) is 0 Å². The number of aromatic nitrogens is 2. The van der Waals surface area contributed by atoms with Gasteiger partial charge in [0.1, 0.15) is 5.58 Å². The number of rotatable bonds is 4. The molecule has 6 heteroatoms. The summed E-state index contributed by atoms with van der Waals surface area (Å²) < 4.78 is 11.2. The number of nitrogens with zero attached hydrogens (tertiary/aromatic N) is 2. The number of thioether (sulfide) groups is 1. The normalized spacial score (nSPS) is 11.3. The van der Waals surface area contributed by atoms with Gasteiger partial charge in [0.15, 0.2) is 0 Å². The van der Waals surface area contributed by atoms with Crippen LogP contribution in [0.5, 0.6) is 0 Å². The van der Waals surface area contributed by atoms with Gasteiger partial charge in [0.25, 0.3) is 0 Å². The first-order chi connectivity index (χ1) is 12.2. The number of benzene rings is 2. The van der Waals surface area contributed by atoms with Gasteiger partial charge in [0.2, 0.25) is 11.8 Å². The summed E-state index contributed by atoms with van der Waals surface area (Å²) in [6.07, 6.45) is 1.74. The maximum Gasteiger partial charge on any atom is 0.247 e. The van der Waals surface area contributed by atoms with Crippen LogP contribution in [-0.4, -0.2) is 16.0 Å². The summed E-state index contributed by atoms with van der Waals surface area (Å²) in [5, 5.41) is 9.64. The molecule has 0 spiro atoms. The molecule has 126 valence electrons. The molecule has 0 aliphatic carbocycles. The van der Waals surface area contributed by atoms with Gasteiger partial charge in [0, 0.05) is 38.9 Å². The molecule has 0 aliphatic rings. The van der Waals surface area contributed by atoms with Crippen LogP contribution in [0.25, 0.3) is 33.6 Å². The van der Waals surface area contributed by atoms with E-state index in [-0.39, 0.29) is 0 Å². The molecule has 0 aliphatic heterocycles. The largest absolute Gasteiger partial charge is 0.464 e. The van der Waals surface area contributed by atoms with Crippen LogP contribution >= 0.6 is 23.4 Å². The molecule has 2 heterocycles. The minimum Gasteiger partial charge on any atom is -0.464 e. The lowest BCUT2D eigenvalue weighted by atomic mass is 10.0. The summed E-state index contributed by atoms with van der Waals surface area (Å²) in [6.45, 7) is 3.89. The molecule has 0 atom stereocenters. The van der Waals surface area contributed by atoms with Gasteiger partial charge in [0.05, 0.1) is 6.26 Å². The van der Waals surface area contributed by atoms with Gasteiger partial charge >= 0.3 is 0 Å². The van der Waals surface area contributed by atoms with Crippen molar-refractivity contribution in [2.45, 2.75) is 18.7 Å². The fourth-order valence-corrected chi connectivity index (χ4v) is 3.80. The molecule has 0 saturated heterocycles. The predicted octanol–water partition coefficient (Wildman–Crippen LogP) is 6.22. The van der Waals surface area contributed by atoms with E-state index in [2.05, 4.69) is 23.2 Å². The smallest absolute Gasteiger partial charge is 0.247 e. The molecule has 0 bridgehead atoms. The van der Waals surface area contributed by atoms with E-state index < -0.39 is 0 Å². The van der Waals surface area contributed by atoms with Gasteiger partial charge in [-0.1, -0.05) is 24.6 Å². The highest BCUT2D eigenvalue weighted by atomic mass is 35.5. The second-order valence-corrected chi connectivity index (χ2v) is 7.31. The third-order valence-corrected chi connectivity index (χ3v) is 5.08. The van der Waals surface area contributed by atoms with Crippen molar-refractivity contribution in [1.82, 2.24) is 10.2 Å². The van der Waals surface area contributed by atoms with E-state index >= 15 is 0 Å². The van der Waals surface area contributed by atoms with Gasteiger partial charge in [-0.2, -0.15) is 0 Å². The van der Waals surface area contributed by atoms with Crippen LogP contribution in [0.2, 0.25) is 5.02 Å². The van der Waals surface area contributed by atoms with E-state index in [1.165, 1.54) is 0 Å². The first-order valence-electron chi connectivity index (χ1n) is 7.90. The summed E-state index contributed by atoms with van der Waals surface area (Å²) in [6, 6.07) is 11.9. The van der Waals surface area contributed by atoms with Crippen molar-refractivity contribution in [3.63, 3.8) is 0 Å². The zero-order valence-corrected chi connectivity index (χ0v) is 15.3. The first kappa shape index (κ1) is 16.2. The highest BCUT2D eigenvalue weighted by Gasteiger charge is 2.14. The van der Waals surface area contributed by atoms with Crippen molar-refractivity contribution in [3.8, 4) is 22.6 Å². The van der Waals surface area contributed by atoms with Crippen LogP contribution in [0.1, 0.15) is 12.8 Å². The fraction of sp³-hybridized carbons (Fsp3) is 0.158.